The molecule has 150 valence electrons. The zero-order valence-corrected chi connectivity index (χ0v) is 16.1. The van der Waals surface area contributed by atoms with E-state index >= 15 is 0 Å². The summed E-state index contributed by atoms with van der Waals surface area (Å²) in [5.41, 5.74) is 0.538. The number of nitrogens with zero attached hydrogens (tertiary/aromatic N) is 1. The SMILES string of the molecule is CCOc1cc(NC(=O)N2CCC(C(=O)O)CC2)cc(OCC)c1OCC. The van der Waals surface area contributed by atoms with Gasteiger partial charge in [0.25, 0.3) is 0 Å². The van der Waals surface area contributed by atoms with Crippen LogP contribution in [0.15, 0.2) is 12.1 Å². The van der Waals surface area contributed by atoms with Gasteiger partial charge in [-0.15, -0.1) is 0 Å². The van der Waals surface area contributed by atoms with Crippen molar-refractivity contribution in [2.75, 3.05) is 38.2 Å². The number of anilines is 1. The van der Waals surface area contributed by atoms with Crippen molar-refractivity contribution >= 4 is 17.7 Å². The Hall–Kier alpha value is -2.64. The van der Waals surface area contributed by atoms with Crippen molar-refractivity contribution < 1.29 is 28.9 Å². The van der Waals surface area contributed by atoms with Crippen LogP contribution in [0.3, 0.4) is 0 Å². The highest BCUT2D eigenvalue weighted by molar-refractivity contribution is 5.90. The van der Waals surface area contributed by atoms with Crippen LogP contribution in [0.1, 0.15) is 33.6 Å². The van der Waals surface area contributed by atoms with E-state index < -0.39 is 5.97 Å². The highest BCUT2D eigenvalue weighted by Crippen LogP contribution is 2.41. The largest absolute Gasteiger partial charge is 0.490 e. The number of rotatable bonds is 8. The Balaban J connectivity index is 2.15. The van der Waals surface area contributed by atoms with Gasteiger partial charge in [0.1, 0.15) is 0 Å². The third kappa shape index (κ3) is 5.42. The van der Waals surface area contributed by atoms with E-state index in [9.17, 15) is 9.59 Å². The van der Waals surface area contributed by atoms with Gasteiger partial charge in [-0.2, -0.15) is 0 Å². The van der Waals surface area contributed by atoms with Crippen LogP contribution in [0.4, 0.5) is 10.5 Å². The molecule has 0 radical (unpaired) electrons. The first-order chi connectivity index (χ1) is 13.0. The topological polar surface area (TPSA) is 97.3 Å². The second kappa shape index (κ2) is 9.89. The van der Waals surface area contributed by atoms with Gasteiger partial charge in [-0.3, -0.25) is 4.79 Å². The van der Waals surface area contributed by atoms with Gasteiger partial charge in [-0.1, -0.05) is 0 Å². The van der Waals surface area contributed by atoms with Crippen molar-refractivity contribution in [2.24, 2.45) is 5.92 Å². The molecule has 27 heavy (non-hydrogen) atoms. The molecule has 0 aromatic heterocycles. The molecule has 1 fully saturated rings. The van der Waals surface area contributed by atoms with Gasteiger partial charge in [0.15, 0.2) is 11.5 Å². The number of benzene rings is 1. The van der Waals surface area contributed by atoms with Crippen LogP contribution >= 0.6 is 0 Å². The van der Waals surface area contributed by atoms with Crippen molar-refractivity contribution in [1.82, 2.24) is 4.90 Å². The number of likely N-dealkylation sites (tertiary alicyclic amines) is 1. The third-order valence-corrected chi connectivity index (χ3v) is 4.29. The number of carbonyl (C=O) groups excluding carboxylic acids is 1. The molecule has 2 N–H and O–H groups in total. The smallest absolute Gasteiger partial charge is 0.321 e. The monoisotopic (exact) mass is 380 g/mol. The number of ether oxygens (including phenoxy) is 3. The predicted molar refractivity (Wildman–Crippen MR) is 101 cm³/mol. The highest BCUT2D eigenvalue weighted by atomic mass is 16.5. The predicted octanol–water partition coefficient (Wildman–Crippen LogP) is 3.21. The lowest BCUT2D eigenvalue weighted by atomic mass is 9.97. The van der Waals surface area contributed by atoms with Crippen molar-refractivity contribution in [3.8, 4) is 17.2 Å². The lowest BCUT2D eigenvalue weighted by molar-refractivity contribution is -0.143. The molecule has 2 rings (SSSR count). The highest BCUT2D eigenvalue weighted by Gasteiger charge is 2.27. The first kappa shape index (κ1) is 20.7. The van der Waals surface area contributed by atoms with Gasteiger partial charge in [0.2, 0.25) is 5.75 Å². The Morgan fingerprint density at radius 3 is 2.00 bits per heavy atom. The number of urea groups is 1. The molecule has 8 nitrogen and oxygen atoms in total. The molecular formula is C19H28N2O6. The lowest BCUT2D eigenvalue weighted by Gasteiger charge is -2.30. The van der Waals surface area contributed by atoms with Gasteiger partial charge in [0.05, 0.1) is 31.4 Å². The minimum absolute atomic E-state index is 0.270. The van der Waals surface area contributed by atoms with E-state index in [2.05, 4.69) is 5.32 Å². The van der Waals surface area contributed by atoms with E-state index in [1.165, 1.54) is 0 Å². The Morgan fingerprint density at radius 1 is 1.04 bits per heavy atom. The molecule has 1 aliphatic heterocycles. The zero-order chi connectivity index (χ0) is 19.8. The molecule has 1 aliphatic rings. The van der Waals surface area contributed by atoms with Crippen molar-refractivity contribution in [3.05, 3.63) is 12.1 Å². The summed E-state index contributed by atoms with van der Waals surface area (Å²) in [6.07, 6.45) is 0.918. The molecule has 1 aromatic carbocycles. The fourth-order valence-corrected chi connectivity index (χ4v) is 2.99. The van der Waals surface area contributed by atoms with Gasteiger partial charge >= 0.3 is 12.0 Å². The standard InChI is InChI=1S/C19H28N2O6/c1-4-25-15-11-14(12-16(26-5-2)17(15)27-6-3)20-19(24)21-9-7-13(8-10-21)18(22)23/h11-13H,4-10H2,1-3H3,(H,20,24)(H,22,23). The summed E-state index contributed by atoms with van der Waals surface area (Å²) in [7, 11) is 0. The molecule has 0 saturated carbocycles. The van der Waals surface area contributed by atoms with E-state index in [-0.39, 0.29) is 11.9 Å². The van der Waals surface area contributed by atoms with E-state index in [0.717, 1.165) is 0 Å². The molecule has 1 aromatic rings. The number of amides is 2. The summed E-state index contributed by atoms with van der Waals surface area (Å²) in [6.45, 7) is 7.80. The fraction of sp³-hybridized carbons (Fsp3) is 0.579. The molecule has 0 aliphatic carbocycles. The maximum absolute atomic E-state index is 12.5. The minimum atomic E-state index is -0.802. The molecule has 0 unspecified atom stereocenters. The summed E-state index contributed by atoms with van der Waals surface area (Å²) >= 11 is 0. The van der Waals surface area contributed by atoms with Crippen LogP contribution in [0.2, 0.25) is 0 Å². The minimum Gasteiger partial charge on any atom is -0.490 e. The Labute approximate surface area is 159 Å². The molecule has 1 heterocycles. The van der Waals surface area contributed by atoms with E-state index in [1.54, 1.807) is 17.0 Å². The summed E-state index contributed by atoms with van der Waals surface area (Å²) < 4.78 is 17.0. The van der Waals surface area contributed by atoms with E-state index in [0.29, 0.717) is 68.7 Å². The summed E-state index contributed by atoms with van der Waals surface area (Å²) in [4.78, 5) is 25.2. The first-order valence-corrected chi connectivity index (χ1v) is 9.35. The first-order valence-electron chi connectivity index (χ1n) is 9.35. The number of aliphatic carboxylic acids is 1. The second-order valence-corrected chi connectivity index (χ2v) is 6.13. The number of piperidine rings is 1. The molecular weight excluding hydrogens is 352 g/mol. The average molecular weight is 380 g/mol. The van der Waals surface area contributed by atoms with Crippen LogP contribution in [-0.2, 0) is 4.79 Å². The normalized spacial score (nSPS) is 14.6. The molecule has 8 heteroatoms. The zero-order valence-electron chi connectivity index (χ0n) is 16.1. The number of carboxylic acid groups (broad SMARTS) is 1. The second-order valence-electron chi connectivity index (χ2n) is 6.13. The quantitative estimate of drug-likeness (QED) is 0.719. The van der Waals surface area contributed by atoms with Crippen LogP contribution < -0.4 is 19.5 Å². The third-order valence-electron chi connectivity index (χ3n) is 4.29. The van der Waals surface area contributed by atoms with Gasteiger partial charge in [0, 0.05) is 25.2 Å². The van der Waals surface area contributed by atoms with Crippen LogP contribution in [-0.4, -0.2) is 54.9 Å². The maximum Gasteiger partial charge on any atom is 0.321 e. The molecule has 0 spiro atoms. The van der Waals surface area contributed by atoms with E-state index in [1.807, 2.05) is 20.8 Å². The van der Waals surface area contributed by atoms with E-state index in [4.69, 9.17) is 19.3 Å². The van der Waals surface area contributed by atoms with Crippen molar-refractivity contribution in [3.63, 3.8) is 0 Å². The molecule has 2 amide bonds. The molecule has 0 atom stereocenters. The lowest BCUT2D eigenvalue weighted by Crippen LogP contribution is -2.42. The summed E-state index contributed by atoms with van der Waals surface area (Å²) in [5, 5.41) is 11.9. The summed E-state index contributed by atoms with van der Waals surface area (Å²) in [5.74, 6) is 0.342. The van der Waals surface area contributed by atoms with Crippen molar-refractivity contribution in [2.45, 2.75) is 33.6 Å². The van der Waals surface area contributed by atoms with Gasteiger partial charge in [-0.05, 0) is 33.6 Å². The number of carbonyl (C=O) groups is 2. The molecule has 1 saturated heterocycles. The maximum atomic E-state index is 12.5. The Bertz CT molecular complexity index is 629. The number of hydrogen-bond acceptors (Lipinski definition) is 5. The number of nitrogens with one attached hydrogen (secondary N) is 1. The molecule has 0 bridgehead atoms. The van der Waals surface area contributed by atoms with Gasteiger partial charge in [-0.25, -0.2) is 4.79 Å². The van der Waals surface area contributed by atoms with Crippen LogP contribution in [0.25, 0.3) is 0 Å². The fourth-order valence-electron chi connectivity index (χ4n) is 2.99. The van der Waals surface area contributed by atoms with Crippen LogP contribution in [0.5, 0.6) is 17.2 Å². The van der Waals surface area contributed by atoms with Crippen LogP contribution in [0, 0.1) is 5.92 Å². The Morgan fingerprint density at radius 2 is 1.56 bits per heavy atom. The van der Waals surface area contributed by atoms with Crippen molar-refractivity contribution in [1.29, 1.82) is 0 Å². The Kier molecular flexibility index (Phi) is 7.57. The average Bonchev–Trinajstić information content (AvgIpc) is 2.65. The van der Waals surface area contributed by atoms with Gasteiger partial charge < -0.3 is 29.5 Å². The summed E-state index contributed by atoms with van der Waals surface area (Å²) in [6, 6.07) is 3.14. The number of hydrogen-bond donors (Lipinski definition) is 2. The number of carboxylic acids is 1.